The van der Waals surface area contributed by atoms with E-state index in [9.17, 15) is 4.79 Å². The van der Waals surface area contributed by atoms with E-state index in [0.29, 0.717) is 18.8 Å². The fraction of sp³-hybridized carbons (Fsp3) is 0.429. The van der Waals surface area contributed by atoms with Crippen LogP contribution in [0.15, 0.2) is 12.5 Å². The lowest BCUT2D eigenvalue weighted by molar-refractivity contribution is 0.0988. The van der Waals surface area contributed by atoms with Gasteiger partial charge in [0.2, 0.25) is 0 Å². The van der Waals surface area contributed by atoms with Gasteiger partial charge in [0.25, 0.3) is 5.91 Å². The molecule has 5 nitrogen and oxygen atoms in total. The standard InChI is InChI=1S/C7H11N3O2/c1-12-3-2-10-5-9-4-6(10)7(8)11/h4-5H,2-3H2,1H3,(H2,8,11). The Morgan fingerprint density at radius 2 is 2.58 bits per heavy atom. The zero-order chi connectivity index (χ0) is 8.97. The van der Waals surface area contributed by atoms with Crippen LogP contribution in [0, 0.1) is 0 Å². The normalized spacial score (nSPS) is 10.1. The predicted octanol–water partition coefficient (Wildman–Crippen LogP) is -0.372. The maximum Gasteiger partial charge on any atom is 0.266 e. The number of hydrogen-bond acceptors (Lipinski definition) is 3. The Balaban J connectivity index is 2.70. The zero-order valence-electron chi connectivity index (χ0n) is 6.86. The molecule has 1 rings (SSSR count). The number of hydrogen-bond donors (Lipinski definition) is 1. The van der Waals surface area contributed by atoms with Crippen LogP contribution in [0.4, 0.5) is 0 Å². The largest absolute Gasteiger partial charge is 0.383 e. The number of amides is 1. The number of nitrogens with two attached hydrogens (primary N) is 1. The lowest BCUT2D eigenvalue weighted by atomic mass is 10.4. The van der Waals surface area contributed by atoms with E-state index < -0.39 is 5.91 Å². The summed E-state index contributed by atoms with van der Waals surface area (Å²) < 4.78 is 6.51. The van der Waals surface area contributed by atoms with Gasteiger partial charge in [-0.1, -0.05) is 0 Å². The van der Waals surface area contributed by atoms with E-state index in [1.807, 2.05) is 0 Å². The van der Waals surface area contributed by atoms with Gasteiger partial charge in [-0.2, -0.15) is 0 Å². The van der Waals surface area contributed by atoms with Gasteiger partial charge in [-0.05, 0) is 0 Å². The molecule has 0 aliphatic rings. The quantitative estimate of drug-likeness (QED) is 0.668. The minimum absolute atomic E-state index is 0.409. The second kappa shape index (κ2) is 3.87. The highest BCUT2D eigenvalue weighted by molar-refractivity contribution is 5.90. The van der Waals surface area contributed by atoms with Crippen molar-refractivity contribution in [3.8, 4) is 0 Å². The lowest BCUT2D eigenvalue weighted by Gasteiger charge is -2.03. The Morgan fingerprint density at radius 1 is 1.83 bits per heavy atom. The number of nitrogens with zero attached hydrogens (tertiary/aromatic N) is 2. The highest BCUT2D eigenvalue weighted by Crippen LogP contribution is 1.97. The molecule has 1 heterocycles. The smallest absolute Gasteiger partial charge is 0.266 e. The number of imidazole rings is 1. The molecular weight excluding hydrogens is 158 g/mol. The van der Waals surface area contributed by atoms with E-state index in [-0.39, 0.29) is 0 Å². The molecule has 1 aromatic heterocycles. The Hall–Kier alpha value is -1.36. The molecule has 0 radical (unpaired) electrons. The van der Waals surface area contributed by atoms with Gasteiger partial charge in [0.05, 0.1) is 19.1 Å². The summed E-state index contributed by atoms with van der Waals surface area (Å²) in [5.74, 6) is -0.469. The Kier molecular flexibility index (Phi) is 2.82. The average Bonchev–Trinajstić information content (AvgIpc) is 2.48. The molecule has 1 aromatic rings. The van der Waals surface area contributed by atoms with Gasteiger partial charge >= 0.3 is 0 Å². The van der Waals surface area contributed by atoms with Gasteiger partial charge < -0.3 is 15.0 Å². The molecule has 0 saturated heterocycles. The van der Waals surface area contributed by atoms with Crippen molar-refractivity contribution in [1.29, 1.82) is 0 Å². The number of aromatic nitrogens is 2. The third-order valence-electron chi connectivity index (χ3n) is 1.50. The number of primary amides is 1. The first-order chi connectivity index (χ1) is 5.75. The summed E-state index contributed by atoms with van der Waals surface area (Å²) in [6.07, 6.45) is 3.00. The van der Waals surface area contributed by atoms with Gasteiger partial charge in [-0.3, -0.25) is 4.79 Å². The van der Waals surface area contributed by atoms with Crippen LogP contribution in [0.3, 0.4) is 0 Å². The Labute approximate surface area is 70.1 Å². The second-order valence-electron chi connectivity index (χ2n) is 2.33. The maximum atomic E-state index is 10.8. The highest BCUT2D eigenvalue weighted by atomic mass is 16.5. The lowest BCUT2D eigenvalue weighted by Crippen LogP contribution is -2.17. The number of methoxy groups -OCH3 is 1. The number of rotatable bonds is 4. The first-order valence-electron chi connectivity index (χ1n) is 3.54. The van der Waals surface area contributed by atoms with Gasteiger partial charge in [-0.25, -0.2) is 4.98 Å². The van der Waals surface area contributed by atoms with Crippen LogP contribution in [0.2, 0.25) is 0 Å². The maximum absolute atomic E-state index is 10.8. The minimum atomic E-state index is -0.469. The first kappa shape index (κ1) is 8.73. The van der Waals surface area contributed by atoms with E-state index in [4.69, 9.17) is 10.5 Å². The van der Waals surface area contributed by atoms with E-state index in [1.54, 1.807) is 18.0 Å². The summed E-state index contributed by atoms with van der Waals surface area (Å²) in [5.41, 5.74) is 5.50. The molecule has 66 valence electrons. The number of ether oxygens (including phenoxy) is 1. The van der Waals surface area contributed by atoms with E-state index in [0.717, 1.165) is 0 Å². The summed E-state index contributed by atoms with van der Waals surface area (Å²) in [4.78, 5) is 14.6. The summed E-state index contributed by atoms with van der Waals surface area (Å²) >= 11 is 0. The Bertz CT molecular complexity index is 269. The summed E-state index contributed by atoms with van der Waals surface area (Å²) in [5, 5.41) is 0. The highest BCUT2D eigenvalue weighted by Gasteiger charge is 2.06. The SMILES string of the molecule is COCCn1cncc1C(N)=O. The monoisotopic (exact) mass is 169 g/mol. The van der Waals surface area contributed by atoms with Crippen molar-refractivity contribution in [2.75, 3.05) is 13.7 Å². The van der Waals surface area contributed by atoms with Crippen molar-refractivity contribution < 1.29 is 9.53 Å². The fourth-order valence-electron chi connectivity index (χ4n) is 0.894. The van der Waals surface area contributed by atoms with Gasteiger partial charge in [0.15, 0.2) is 0 Å². The Morgan fingerprint density at radius 3 is 3.17 bits per heavy atom. The number of carbonyl (C=O) groups excluding carboxylic acids is 1. The number of carbonyl (C=O) groups is 1. The molecule has 0 bridgehead atoms. The van der Waals surface area contributed by atoms with E-state index >= 15 is 0 Å². The van der Waals surface area contributed by atoms with Crippen LogP contribution in [-0.2, 0) is 11.3 Å². The third-order valence-corrected chi connectivity index (χ3v) is 1.50. The van der Waals surface area contributed by atoms with Crippen LogP contribution in [0.25, 0.3) is 0 Å². The van der Waals surface area contributed by atoms with Gasteiger partial charge in [0, 0.05) is 13.7 Å². The summed E-state index contributed by atoms with van der Waals surface area (Å²) in [6, 6.07) is 0. The summed E-state index contributed by atoms with van der Waals surface area (Å²) in [7, 11) is 1.60. The van der Waals surface area contributed by atoms with Crippen molar-refractivity contribution in [3.05, 3.63) is 18.2 Å². The summed E-state index contributed by atoms with van der Waals surface area (Å²) in [6.45, 7) is 1.13. The van der Waals surface area contributed by atoms with E-state index in [2.05, 4.69) is 4.98 Å². The topological polar surface area (TPSA) is 70.1 Å². The first-order valence-corrected chi connectivity index (χ1v) is 3.54. The molecule has 1 amide bonds. The van der Waals surface area contributed by atoms with Crippen LogP contribution >= 0.6 is 0 Å². The van der Waals surface area contributed by atoms with Crippen LogP contribution in [-0.4, -0.2) is 29.2 Å². The van der Waals surface area contributed by atoms with Crippen molar-refractivity contribution in [2.24, 2.45) is 5.73 Å². The van der Waals surface area contributed by atoms with Crippen LogP contribution in [0.5, 0.6) is 0 Å². The second-order valence-corrected chi connectivity index (χ2v) is 2.33. The molecule has 0 aliphatic heterocycles. The van der Waals surface area contributed by atoms with Gasteiger partial charge in [0.1, 0.15) is 5.69 Å². The molecular formula is C7H11N3O2. The predicted molar refractivity (Wildman–Crippen MR) is 42.6 cm³/mol. The van der Waals surface area contributed by atoms with Crippen molar-refractivity contribution in [1.82, 2.24) is 9.55 Å². The molecule has 0 aromatic carbocycles. The van der Waals surface area contributed by atoms with Gasteiger partial charge in [-0.15, -0.1) is 0 Å². The molecule has 12 heavy (non-hydrogen) atoms. The molecule has 0 fully saturated rings. The molecule has 0 atom stereocenters. The average molecular weight is 169 g/mol. The fourth-order valence-corrected chi connectivity index (χ4v) is 0.894. The van der Waals surface area contributed by atoms with E-state index in [1.165, 1.54) is 6.20 Å². The van der Waals surface area contributed by atoms with Crippen molar-refractivity contribution >= 4 is 5.91 Å². The van der Waals surface area contributed by atoms with Crippen LogP contribution < -0.4 is 5.73 Å². The minimum Gasteiger partial charge on any atom is -0.383 e. The molecule has 2 N–H and O–H groups in total. The van der Waals surface area contributed by atoms with Crippen LogP contribution in [0.1, 0.15) is 10.5 Å². The molecule has 0 spiro atoms. The molecule has 5 heteroatoms. The van der Waals surface area contributed by atoms with Crippen molar-refractivity contribution in [2.45, 2.75) is 6.54 Å². The van der Waals surface area contributed by atoms with Crippen molar-refractivity contribution in [3.63, 3.8) is 0 Å². The third kappa shape index (κ3) is 1.82. The molecule has 0 unspecified atom stereocenters. The zero-order valence-corrected chi connectivity index (χ0v) is 6.86. The molecule has 0 aliphatic carbocycles. The molecule has 0 saturated carbocycles.